The van der Waals surface area contributed by atoms with E-state index in [-0.39, 0.29) is 31.3 Å². The van der Waals surface area contributed by atoms with E-state index in [0.717, 1.165) is 0 Å². The molecule has 1 saturated heterocycles. The Hall–Kier alpha value is -2.20. The van der Waals surface area contributed by atoms with Crippen molar-refractivity contribution in [3.05, 3.63) is 35.9 Å². The Balaban J connectivity index is 2.56. The molecule has 0 radical (unpaired) electrons. The van der Waals surface area contributed by atoms with Gasteiger partial charge < -0.3 is 53.8 Å². The quantitative estimate of drug-likeness (QED) is 0.0403. The Morgan fingerprint density at radius 1 is 1.06 bits per heavy atom. The standard InChI is InChI=1S/C40H70N2O11/c1-13-19-39(8,46)35(44)28(6)32(41-50-24-49-21-20-48-12)26(4)23-40(9,47)36(53-38-33(43)31(42(10)11)22-27(5)51-38)29(7)34(25(2)3)52-37(45)30-17-15-14-16-18-30/h14-18,25-29,31,33-36,38,43-44,46-47H,13,19-24H2,1-12H3/t26?,27-,28?,29?,31+,33-,34?,35?,36?,38+,39?,40?/m1/s1. The normalized spacial score (nSPS) is 25.5. The highest BCUT2D eigenvalue weighted by atomic mass is 16.7. The summed E-state index contributed by atoms with van der Waals surface area (Å²) in [6, 6.07) is 8.46. The number of carbonyl (C=O) groups is 1. The Kier molecular flexibility index (Phi) is 19.3. The Morgan fingerprint density at radius 2 is 1.70 bits per heavy atom. The minimum absolute atomic E-state index is 0.0502. The molecule has 12 atom stereocenters. The van der Waals surface area contributed by atoms with Crippen LogP contribution in [0.2, 0.25) is 0 Å². The van der Waals surface area contributed by atoms with Gasteiger partial charge >= 0.3 is 5.97 Å². The number of likely N-dealkylation sites (N-methyl/N-ethyl adjacent to an activating group) is 1. The number of rotatable bonds is 23. The van der Waals surface area contributed by atoms with Crippen LogP contribution in [0.5, 0.6) is 0 Å². The van der Waals surface area contributed by atoms with Crippen molar-refractivity contribution >= 4 is 11.7 Å². The highest BCUT2D eigenvalue weighted by molar-refractivity contribution is 5.89. The molecule has 0 aromatic heterocycles. The van der Waals surface area contributed by atoms with E-state index in [1.54, 1.807) is 52.1 Å². The predicted molar refractivity (Wildman–Crippen MR) is 203 cm³/mol. The average Bonchev–Trinajstić information content (AvgIpc) is 3.09. The first kappa shape index (κ1) is 47.0. The zero-order valence-corrected chi connectivity index (χ0v) is 34.2. The molecule has 53 heavy (non-hydrogen) atoms. The summed E-state index contributed by atoms with van der Waals surface area (Å²) in [6.07, 6.45) is -3.65. The fraction of sp³-hybridized carbons (Fsp3) is 0.800. The third kappa shape index (κ3) is 13.8. The molecule has 0 aliphatic carbocycles. The van der Waals surface area contributed by atoms with Gasteiger partial charge in [0, 0.05) is 30.9 Å². The van der Waals surface area contributed by atoms with Crippen LogP contribution in [0.4, 0.5) is 0 Å². The van der Waals surface area contributed by atoms with E-state index in [9.17, 15) is 25.2 Å². The number of nitrogens with zero attached hydrogens (tertiary/aromatic N) is 2. The molecule has 2 rings (SSSR count). The highest BCUT2D eigenvalue weighted by Gasteiger charge is 2.48. The van der Waals surface area contributed by atoms with Gasteiger partial charge in [-0.25, -0.2) is 4.79 Å². The van der Waals surface area contributed by atoms with Crippen molar-refractivity contribution < 1.29 is 53.7 Å². The lowest BCUT2D eigenvalue weighted by Gasteiger charge is -2.47. The van der Waals surface area contributed by atoms with Crippen LogP contribution in [0.15, 0.2) is 35.5 Å². The van der Waals surface area contributed by atoms with Gasteiger partial charge in [0.25, 0.3) is 0 Å². The second-order valence-corrected chi connectivity index (χ2v) is 15.9. The molecule has 0 amide bonds. The largest absolute Gasteiger partial charge is 0.458 e. The number of ether oxygens (including phenoxy) is 5. The summed E-state index contributed by atoms with van der Waals surface area (Å²) in [5, 5.41) is 51.0. The fourth-order valence-corrected chi connectivity index (χ4v) is 7.58. The molecule has 1 aromatic carbocycles. The van der Waals surface area contributed by atoms with E-state index in [0.29, 0.717) is 43.8 Å². The Bertz CT molecular complexity index is 1230. The topological polar surface area (TPSA) is 169 Å². The van der Waals surface area contributed by atoms with Crippen molar-refractivity contribution in [2.24, 2.45) is 28.8 Å². The third-order valence-corrected chi connectivity index (χ3v) is 10.4. The fourth-order valence-electron chi connectivity index (χ4n) is 7.58. The summed E-state index contributed by atoms with van der Waals surface area (Å²) < 4.78 is 29.5. The zero-order valence-electron chi connectivity index (χ0n) is 34.2. The van der Waals surface area contributed by atoms with Gasteiger partial charge in [0.15, 0.2) is 6.29 Å². The van der Waals surface area contributed by atoms with Gasteiger partial charge in [-0.15, -0.1) is 0 Å². The lowest BCUT2D eigenvalue weighted by Crippen LogP contribution is -2.59. The van der Waals surface area contributed by atoms with E-state index in [1.807, 2.05) is 66.6 Å². The van der Waals surface area contributed by atoms with Gasteiger partial charge in [-0.1, -0.05) is 71.3 Å². The second-order valence-electron chi connectivity index (χ2n) is 15.9. The van der Waals surface area contributed by atoms with E-state index in [1.165, 1.54) is 0 Å². The minimum atomic E-state index is -1.64. The van der Waals surface area contributed by atoms with Crippen LogP contribution in [-0.2, 0) is 28.5 Å². The number of aliphatic hydroxyl groups is 4. The predicted octanol–water partition coefficient (Wildman–Crippen LogP) is 4.63. The summed E-state index contributed by atoms with van der Waals surface area (Å²) in [5.41, 5.74) is -2.25. The van der Waals surface area contributed by atoms with E-state index >= 15 is 0 Å². The Morgan fingerprint density at radius 3 is 2.26 bits per heavy atom. The van der Waals surface area contributed by atoms with Crippen molar-refractivity contribution in [1.82, 2.24) is 4.90 Å². The lowest BCUT2D eigenvalue weighted by molar-refractivity contribution is -0.298. The molecular weight excluding hydrogens is 684 g/mol. The van der Waals surface area contributed by atoms with Crippen molar-refractivity contribution in [2.75, 3.05) is 41.2 Å². The van der Waals surface area contributed by atoms with Crippen LogP contribution >= 0.6 is 0 Å². The van der Waals surface area contributed by atoms with Crippen LogP contribution in [-0.4, -0.2) is 132 Å². The van der Waals surface area contributed by atoms with Crippen molar-refractivity contribution in [2.45, 2.75) is 142 Å². The number of oxime groups is 1. The molecule has 1 fully saturated rings. The molecule has 1 aliphatic rings. The number of methoxy groups -OCH3 is 1. The van der Waals surface area contributed by atoms with Gasteiger partial charge in [-0.05, 0) is 72.2 Å². The number of benzene rings is 1. The Labute approximate surface area is 317 Å². The summed E-state index contributed by atoms with van der Waals surface area (Å²) in [6.45, 7) is 16.9. The first-order chi connectivity index (χ1) is 24.8. The smallest absolute Gasteiger partial charge is 0.338 e. The molecule has 13 heteroatoms. The van der Waals surface area contributed by atoms with Crippen LogP contribution in [0.3, 0.4) is 0 Å². The lowest BCUT2D eigenvalue weighted by atomic mass is 9.74. The van der Waals surface area contributed by atoms with Gasteiger partial charge in [-0.3, -0.25) is 0 Å². The molecule has 0 bridgehead atoms. The van der Waals surface area contributed by atoms with Crippen LogP contribution < -0.4 is 0 Å². The van der Waals surface area contributed by atoms with E-state index < -0.39 is 65.6 Å². The molecule has 1 heterocycles. The molecule has 8 unspecified atom stereocenters. The van der Waals surface area contributed by atoms with Crippen LogP contribution in [0, 0.1) is 23.7 Å². The monoisotopic (exact) mass is 754 g/mol. The summed E-state index contributed by atoms with van der Waals surface area (Å²) >= 11 is 0. The maximum atomic E-state index is 13.4. The zero-order chi connectivity index (χ0) is 40.1. The number of hydrogen-bond acceptors (Lipinski definition) is 13. The van der Waals surface area contributed by atoms with E-state index in [2.05, 4.69) is 5.16 Å². The molecule has 0 spiro atoms. The molecule has 4 N–H and O–H groups in total. The van der Waals surface area contributed by atoms with Gasteiger partial charge in [0.2, 0.25) is 6.79 Å². The minimum Gasteiger partial charge on any atom is -0.458 e. The van der Waals surface area contributed by atoms with Crippen molar-refractivity contribution in [3.63, 3.8) is 0 Å². The van der Waals surface area contributed by atoms with E-state index in [4.69, 9.17) is 28.5 Å². The van der Waals surface area contributed by atoms with Gasteiger partial charge in [0.1, 0.15) is 12.2 Å². The molecule has 0 saturated carbocycles. The summed E-state index contributed by atoms with van der Waals surface area (Å²) in [7, 11) is 5.34. The second kappa shape index (κ2) is 21.8. The number of hydrogen-bond donors (Lipinski definition) is 4. The third-order valence-electron chi connectivity index (χ3n) is 10.4. The maximum Gasteiger partial charge on any atom is 0.338 e. The van der Waals surface area contributed by atoms with Crippen molar-refractivity contribution in [1.29, 1.82) is 0 Å². The van der Waals surface area contributed by atoms with Crippen LogP contribution in [0.25, 0.3) is 0 Å². The van der Waals surface area contributed by atoms with Crippen molar-refractivity contribution in [3.8, 4) is 0 Å². The maximum absolute atomic E-state index is 13.4. The molecule has 306 valence electrons. The first-order valence-electron chi connectivity index (χ1n) is 19.1. The molecular formula is C40H70N2O11. The number of esters is 1. The first-order valence-corrected chi connectivity index (χ1v) is 19.1. The summed E-state index contributed by atoms with van der Waals surface area (Å²) in [5.74, 6) is -2.49. The summed E-state index contributed by atoms with van der Waals surface area (Å²) in [4.78, 5) is 20.9. The number of aliphatic hydroxyl groups excluding tert-OH is 2. The molecule has 1 aliphatic heterocycles. The highest BCUT2D eigenvalue weighted by Crippen LogP contribution is 2.37. The molecule has 1 aromatic rings. The van der Waals surface area contributed by atoms with Crippen LogP contribution in [0.1, 0.15) is 98.4 Å². The average molecular weight is 755 g/mol. The number of carbonyl (C=O) groups excluding carboxylic acids is 1. The van der Waals surface area contributed by atoms with Gasteiger partial charge in [-0.2, -0.15) is 0 Å². The SMILES string of the molecule is CCCC(C)(O)C(O)C(C)C(=NOCOCCOC)C(C)CC(C)(O)C(O[C@@H]1O[C@H](C)C[C@H](N(C)C)[C@H]1O)C(C)C(OC(=O)c1ccccc1)C(C)C. The molecule has 13 nitrogen and oxygen atoms in total. The van der Waals surface area contributed by atoms with Gasteiger partial charge in [0.05, 0.1) is 54.0 Å².